The third-order valence-electron chi connectivity index (χ3n) is 1.84. The first kappa shape index (κ1) is 10.5. The highest BCUT2D eigenvalue weighted by atomic mass is 16.5. The lowest BCUT2D eigenvalue weighted by Crippen LogP contribution is -2.10. The van der Waals surface area contributed by atoms with Gasteiger partial charge in [0, 0.05) is 0 Å². The lowest BCUT2D eigenvalue weighted by Gasteiger charge is -2.05. The average Bonchev–Trinajstić information content (AvgIpc) is 2.12. The molecule has 14 heavy (non-hydrogen) atoms. The maximum atomic E-state index is 11.2. The van der Waals surface area contributed by atoms with Gasteiger partial charge in [-0.15, -0.1) is 0 Å². The van der Waals surface area contributed by atoms with Crippen LogP contribution < -0.4 is 5.73 Å². The molecule has 1 aromatic rings. The second-order valence-corrected chi connectivity index (χ2v) is 2.98. The maximum Gasteiger partial charge on any atom is 0.311 e. The van der Waals surface area contributed by atoms with Gasteiger partial charge in [0.1, 0.15) is 5.82 Å². The molecule has 1 aromatic heterocycles. The van der Waals surface area contributed by atoms with Crippen LogP contribution in [0.2, 0.25) is 0 Å². The van der Waals surface area contributed by atoms with E-state index < -0.39 is 0 Å². The number of carbonyl (C=O) groups is 1. The Balaban J connectivity index is 2.75. The molecular weight excluding hydrogens is 180 g/mol. The molecule has 1 rings (SSSR count). The SMILES string of the molecule is CCOC(=O)Cc1nc(N)ccc1C. The fourth-order valence-corrected chi connectivity index (χ4v) is 1.12. The number of aryl methyl sites for hydroxylation is 1. The van der Waals surface area contributed by atoms with E-state index in [4.69, 9.17) is 10.5 Å². The zero-order valence-electron chi connectivity index (χ0n) is 8.41. The van der Waals surface area contributed by atoms with Gasteiger partial charge in [-0.2, -0.15) is 0 Å². The molecule has 0 aliphatic heterocycles. The molecule has 0 spiro atoms. The van der Waals surface area contributed by atoms with Crippen molar-refractivity contribution in [1.29, 1.82) is 0 Å². The lowest BCUT2D eigenvalue weighted by atomic mass is 10.1. The molecule has 0 aromatic carbocycles. The Morgan fingerprint density at radius 2 is 2.29 bits per heavy atom. The van der Waals surface area contributed by atoms with E-state index in [9.17, 15) is 4.79 Å². The number of nitrogens with two attached hydrogens (primary N) is 1. The van der Waals surface area contributed by atoms with Crippen LogP contribution in [-0.2, 0) is 16.0 Å². The summed E-state index contributed by atoms with van der Waals surface area (Å²) >= 11 is 0. The monoisotopic (exact) mass is 194 g/mol. The number of ether oxygens (including phenoxy) is 1. The van der Waals surface area contributed by atoms with Crippen LogP contribution in [0.15, 0.2) is 12.1 Å². The number of anilines is 1. The summed E-state index contributed by atoms with van der Waals surface area (Å²) in [5.74, 6) is 0.156. The number of esters is 1. The molecule has 0 atom stereocenters. The summed E-state index contributed by atoms with van der Waals surface area (Å²) in [4.78, 5) is 15.2. The van der Waals surface area contributed by atoms with E-state index in [0.29, 0.717) is 18.1 Å². The minimum absolute atomic E-state index is 0.185. The van der Waals surface area contributed by atoms with Gasteiger partial charge in [-0.1, -0.05) is 6.07 Å². The first-order valence-corrected chi connectivity index (χ1v) is 4.51. The Labute approximate surface area is 83.1 Å². The van der Waals surface area contributed by atoms with Gasteiger partial charge in [-0.25, -0.2) is 4.98 Å². The van der Waals surface area contributed by atoms with Gasteiger partial charge < -0.3 is 10.5 Å². The number of nitrogens with zero attached hydrogens (tertiary/aromatic N) is 1. The van der Waals surface area contributed by atoms with E-state index in [1.165, 1.54) is 0 Å². The van der Waals surface area contributed by atoms with Crippen LogP contribution in [0.3, 0.4) is 0 Å². The number of pyridine rings is 1. The van der Waals surface area contributed by atoms with E-state index >= 15 is 0 Å². The van der Waals surface area contributed by atoms with E-state index in [2.05, 4.69) is 4.98 Å². The Hall–Kier alpha value is -1.58. The number of nitrogen functional groups attached to an aromatic ring is 1. The van der Waals surface area contributed by atoms with Gasteiger partial charge in [-0.05, 0) is 25.5 Å². The van der Waals surface area contributed by atoms with Crippen LogP contribution >= 0.6 is 0 Å². The minimum atomic E-state index is -0.270. The fourth-order valence-electron chi connectivity index (χ4n) is 1.12. The Kier molecular flexibility index (Phi) is 3.45. The molecule has 0 saturated carbocycles. The highest BCUT2D eigenvalue weighted by Crippen LogP contribution is 2.08. The first-order valence-electron chi connectivity index (χ1n) is 4.51. The Morgan fingerprint density at radius 1 is 1.57 bits per heavy atom. The first-order chi connectivity index (χ1) is 6.63. The molecule has 2 N–H and O–H groups in total. The van der Waals surface area contributed by atoms with Gasteiger partial charge in [-0.3, -0.25) is 4.79 Å². The van der Waals surface area contributed by atoms with Gasteiger partial charge in [0.05, 0.1) is 18.7 Å². The van der Waals surface area contributed by atoms with Crippen molar-refractivity contribution < 1.29 is 9.53 Å². The van der Waals surface area contributed by atoms with Crippen LogP contribution in [0.1, 0.15) is 18.2 Å². The second kappa shape index (κ2) is 4.60. The summed E-state index contributed by atoms with van der Waals surface area (Å²) in [5, 5.41) is 0. The van der Waals surface area contributed by atoms with Crippen molar-refractivity contribution in [3.8, 4) is 0 Å². The summed E-state index contributed by atoms with van der Waals surface area (Å²) in [6, 6.07) is 3.56. The molecule has 1 heterocycles. The van der Waals surface area contributed by atoms with Crippen LogP contribution in [0.5, 0.6) is 0 Å². The van der Waals surface area contributed by atoms with Crippen molar-refractivity contribution in [3.05, 3.63) is 23.4 Å². The average molecular weight is 194 g/mol. The molecule has 0 aliphatic carbocycles. The van der Waals surface area contributed by atoms with E-state index in [1.54, 1.807) is 13.0 Å². The quantitative estimate of drug-likeness (QED) is 0.731. The summed E-state index contributed by atoms with van der Waals surface area (Å²) in [6.07, 6.45) is 0.185. The van der Waals surface area contributed by atoms with E-state index in [1.807, 2.05) is 13.0 Å². The highest BCUT2D eigenvalue weighted by Gasteiger charge is 2.08. The minimum Gasteiger partial charge on any atom is -0.466 e. The Morgan fingerprint density at radius 3 is 2.93 bits per heavy atom. The number of carbonyl (C=O) groups excluding carboxylic acids is 1. The lowest BCUT2D eigenvalue weighted by molar-refractivity contribution is -0.142. The molecule has 0 radical (unpaired) electrons. The molecular formula is C10H14N2O2. The summed E-state index contributed by atoms with van der Waals surface area (Å²) < 4.78 is 4.82. The number of rotatable bonds is 3. The summed E-state index contributed by atoms with van der Waals surface area (Å²) in [6.45, 7) is 4.05. The smallest absolute Gasteiger partial charge is 0.311 e. The van der Waals surface area contributed by atoms with Crippen LogP contribution in [0.25, 0.3) is 0 Å². The van der Waals surface area contributed by atoms with Crippen molar-refractivity contribution in [2.45, 2.75) is 20.3 Å². The molecule has 4 nitrogen and oxygen atoms in total. The third kappa shape index (κ3) is 2.73. The predicted molar refractivity (Wildman–Crippen MR) is 53.7 cm³/mol. The number of hydrogen-bond acceptors (Lipinski definition) is 4. The van der Waals surface area contributed by atoms with Crippen LogP contribution in [-0.4, -0.2) is 17.6 Å². The predicted octanol–water partition coefficient (Wildman–Crippen LogP) is 1.08. The zero-order chi connectivity index (χ0) is 10.6. The molecule has 4 heteroatoms. The molecule has 76 valence electrons. The molecule has 0 aliphatic rings. The fraction of sp³-hybridized carbons (Fsp3) is 0.400. The maximum absolute atomic E-state index is 11.2. The molecule has 0 fully saturated rings. The number of hydrogen-bond donors (Lipinski definition) is 1. The van der Waals surface area contributed by atoms with Crippen LogP contribution in [0.4, 0.5) is 5.82 Å². The third-order valence-corrected chi connectivity index (χ3v) is 1.84. The van der Waals surface area contributed by atoms with Crippen molar-refractivity contribution in [1.82, 2.24) is 4.98 Å². The molecule has 0 amide bonds. The van der Waals surface area contributed by atoms with E-state index in [-0.39, 0.29) is 12.4 Å². The summed E-state index contributed by atoms with van der Waals surface area (Å²) in [5.41, 5.74) is 7.15. The molecule has 0 bridgehead atoms. The van der Waals surface area contributed by atoms with Crippen LogP contribution in [0, 0.1) is 6.92 Å². The highest BCUT2D eigenvalue weighted by molar-refractivity contribution is 5.72. The standard InChI is InChI=1S/C10H14N2O2/c1-3-14-10(13)6-8-7(2)4-5-9(11)12-8/h4-5H,3,6H2,1-2H3,(H2,11,12). The largest absolute Gasteiger partial charge is 0.466 e. The van der Waals surface area contributed by atoms with Crippen molar-refractivity contribution in [2.24, 2.45) is 0 Å². The topological polar surface area (TPSA) is 65.2 Å². The van der Waals surface area contributed by atoms with Crippen molar-refractivity contribution in [2.75, 3.05) is 12.3 Å². The second-order valence-electron chi connectivity index (χ2n) is 2.98. The number of aromatic nitrogens is 1. The summed E-state index contributed by atoms with van der Waals surface area (Å²) in [7, 11) is 0. The van der Waals surface area contributed by atoms with Gasteiger partial charge >= 0.3 is 5.97 Å². The molecule has 0 saturated heterocycles. The van der Waals surface area contributed by atoms with E-state index in [0.717, 1.165) is 5.56 Å². The van der Waals surface area contributed by atoms with Gasteiger partial charge in [0.25, 0.3) is 0 Å². The van der Waals surface area contributed by atoms with Crippen molar-refractivity contribution in [3.63, 3.8) is 0 Å². The zero-order valence-corrected chi connectivity index (χ0v) is 8.41. The Bertz CT molecular complexity index is 337. The van der Waals surface area contributed by atoms with Gasteiger partial charge in [0.2, 0.25) is 0 Å². The van der Waals surface area contributed by atoms with Crippen molar-refractivity contribution >= 4 is 11.8 Å². The van der Waals surface area contributed by atoms with Gasteiger partial charge in [0.15, 0.2) is 0 Å². The normalized spacial score (nSPS) is 9.86. The molecule has 0 unspecified atom stereocenters.